The fraction of sp³-hybridized carbons (Fsp3) is 0.321. The highest BCUT2D eigenvalue weighted by molar-refractivity contribution is 6.30. The lowest BCUT2D eigenvalue weighted by Crippen LogP contribution is -2.41. The molecule has 0 aliphatic carbocycles. The highest BCUT2D eigenvalue weighted by atomic mass is 35.5. The summed E-state index contributed by atoms with van der Waals surface area (Å²) in [4.78, 5) is 18.3. The lowest BCUT2D eigenvalue weighted by molar-refractivity contribution is -0.123. The van der Waals surface area contributed by atoms with Crippen LogP contribution in [0.15, 0.2) is 72.8 Å². The largest absolute Gasteiger partial charge is 0.497 e. The molecule has 2 atom stereocenters. The van der Waals surface area contributed by atoms with Gasteiger partial charge in [-0.3, -0.25) is 4.79 Å². The third-order valence-electron chi connectivity index (χ3n) is 6.45. The molecule has 0 bridgehead atoms. The number of amides is 1. The summed E-state index contributed by atoms with van der Waals surface area (Å²) in [5, 5.41) is 0.698. The van der Waals surface area contributed by atoms with Crippen LogP contribution in [0.3, 0.4) is 0 Å². The number of benzene rings is 3. The molecule has 4 nitrogen and oxygen atoms in total. The van der Waals surface area contributed by atoms with Crippen LogP contribution in [0.25, 0.3) is 0 Å². The minimum absolute atomic E-state index is 0.0326. The van der Waals surface area contributed by atoms with E-state index >= 15 is 0 Å². The van der Waals surface area contributed by atoms with Gasteiger partial charge in [0.25, 0.3) is 0 Å². The number of ether oxygens (including phenoxy) is 1. The molecule has 5 heteroatoms. The molecule has 1 amide bonds. The summed E-state index contributed by atoms with van der Waals surface area (Å²) in [6.45, 7) is 1.43. The van der Waals surface area contributed by atoms with Crippen molar-refractivity contribution < 1.29 is 9.53 Å². The normalized spacial score (nSPS) is 18.2. The Balaban J connectivity index is 1.80. The second kappa shape index (κ2) is 10.4. The molecule has 0 radical (unpaired) electrons. The van der Waals surface area contributed by atoms with Crippen LogP contribution in [0.1, 0.15) is 22.6 Å². The number of carbonyl (C=O) groups excluding carboxylic acids is 1. The molecular formula is C28H31ClN2O2. The Bertz CT molecular complexity index is 1080. The fourth-order valence-electron chi connectivity index (χ4n) is 4.68. The molecule has 4 rings (SSSR count). The predicted octanol–water partition coefficient (Wildman–Crippen LogP) is 5.44. The molecule has 3 aromatic rings. The number of hydrogen-bond donors (Lipinski definition) is 0. The molecule has 0 N–H and O–H groups in total. The second-order valence-electron chi connectivity index (χ2n) is 8.95. The summed E-state index contributed by atoms with van der Waals surface area (Å²) in [7, 11) is 5.74. The number of fused-ring (bicyclic) bond motifs is 1. The molecule has 0 fully saturated rings. The van der Waals surface area contributed by atoms with Crippen LogP contribution in [0.2, 0.25) is 5.02 Å². The van der Waals surface area contributed by atoms with Gasteiger partial charge in [0.05, 0.1) is 7.11 Å². The van der Waals surface area contributed by atoms with E-state index in [1.807, 2.05) is 67.5 Å². The number of methoxy groups -OCH3 is 1. The van der Waals surface area contributed by atoms with Crippen molar-refractivity contribution in [1.29, 1.82) is 0 Å². The van der Waals surface area contributed by atoms with Gasteiger partial charge in [0.2, 0.25) is 5.91 Å². The zero-order chi connectivity index (χ0) is 23.4. The number of carbonyl (C=O) groups is 1. The van der Waals surface area contributed by atoms with Gasteiger partial charge in [-0.15, -0.1) is 0 Å². The van der Waals surface area contributed by atoms with Crippen molar-refractivity contribution in [2.24, 2.45) is 5.92 Å². The zero-order valence-corrected chi connectivity index (χ0v) is 20.3. The number of hydrogen-bond acceptors (Lipinski definition) is 3. The SMILES string of the molecule is COc1ccc(C2Cc3cc(Cl)ccc3N(CCN(C)C)C(=O)C2Cc2ccccc2)cc1. The lowest BCUT2D eigenvalue weighted by Gasteiger charge is -2.30. The monoisotopic (exact) mass is 462 g/mol. The molecule has 3 aromatic carbocycles. The van der Waals surface area contributed by atoms with Gasteiger partial charge in [0.15, 0.2) is 0 Å². The van der Waals surface area contributed by atoms with Crippen LogP contribution in [0.5, 0.6) is 5.75 Å². The molecule has 33 heavy (non-hydrogen) atoms. The van der Waals surface area contributed by atoms with E-state index in [0.29, 0.717) is 18.0 Å². The van der Waals surface area contributed by atoms with Crippen molar-refractivity contribution >= 4 is 23.2 Å². The minimum atomic E-state index is -0.186. The third-order valence-corrected chi connectivity index (χ3v) is 6.69. The van der Waals surface area contributed by atoms with Gasteiger partial charge >= 0.3 is 0 Å². The first-order chi connectivity index (χ1) is 16.0. The van der Waals surface area contributed by atoms with E-state index in [0.717, 1.165) is 35.5 Å². The summed E-state index contributed by atoms with van der Waals surface area (Å²) in [6.07, 6.45) is 1.44. The smallest absolute Gasteiger partial charge is 0.231 e. The van der Waals surface area contributed by atoms with Crippen molar-refractivity contribution in [3.63, 3.8) is 0 Å². The summed E-state index contributed by atoms with van der Waals surface area (Å²) < 4.78 is 5.37. The fourth-order valence-corrected chi connectivity index (χ4v) is 4.88. The highest BCUT2D eigenvalue weighted by Crippen LogP contribution is 2.40. The summed E-state index contributed by atoms with van der Waals surface area (Å²) in [5.74, 6) is 0.830. The van der Waals surface area contributed by atoms with Crippen LogP contribution in [0.4, 0.5) is 5.69 Å². The zero-order valence-electron chi connectivity index (χ0n) is 19.5. The number of nitrogens with zero attached hydrogens (tertiary/aromatic N) is 2. The van der Waals surface area contributed by atoms with Crippen LogP contribution in [-0.4, -0.2) is 45.1 Å². The number of rotatable bonds is 7. The quantitative estimate of drug-likeness (QED) is 0.468. The van der Waals surface area contributed by atoms with E-state index in [1.54, 1.807) is 7.11 Å². The maximum Gasteiger partial charge on any atom is 0.231 e. The maximum absolute atomic E-state index is 14.2. The van der Waals surface area contributed by atoms with Gasteiger partial charge in [0, 0.05) is 29.7 Å². The number of anilines is 1. The topological polar surface area (TPSA) is 32.8 Å². The van der Waals surface area contributed by atoms with Crippen molar-refractivity contribution in [1.82, 2.24) is 4.90 Å². The van der Waals surface area contributed by atoms with Gasteiger partial charge in [-0.1, -0.05) is 54.1 Å². The van der Waals surface area contributed by atoms with Crippen LogP contribution >= 0.6 is 11.6 Å². The van der Waals surface area contributed by atoms with E-state index < -0.39 is 0 Å². The molecule has 0 spiro atoms. The van der Waals surface area contributed by atoms with E-state index in [1.165, 1.54) is 5.56 Å². The number of likely N-dealkylation sites (N-methyl/N-ethyl adjacent to an activating group) is 1. The summed E-state index contributed by atoms with van der Waals surface area (Å²) >= 11 is 6.41. The maximum atomic E-state index is 14.2. The first kappa shape index (κ1) is 23.3. The van der Waals surface area contributed by atoms with Gasteiger partial charge in [0.1, 0.15) is 5.75 Å². The van der Waals surface area contributed by atoms with E-state index in [2.05, 4.69) is 29.2 Å². The Kier molecular flexibility index (Phi) is 7.36. The van der Waals surface area contributed by atoms with Crippen molar-refractivity contribution in [2.45, 2.75) is 18.8 Å². The Morgan fingerprint density at radius 3 is 2.42 bits per heavy atom. The molecule has 0 aromatic heterocycles. The molecule has 2 unspecified atom stereocenters. The van der Waals surface area contributed by atoms with E-state index in [9.17, 15) is 4.79 Å². The third kappa shape index (κ3) is 5.40. The van der Waals surface area contributed by atoms with Crippen molar-refractivity contribution in [2.75, 3.05) is 39.2 Å². The summed E-state index contributed by atoms with van der Waals surface area (Å²) in [6, 6.07) is 24.4. The van der Waals surface area contributed by atoms with Crippen molar-refractivity contribution in [3.8, 4) is 5.75 Å². The van der Waals surface area contributed by atoms with Gasteiger partial charge < -0.3 is 14.5 Å². The van der Waals surface area contributed by atoms with Crippen molar-refractivity contribution in [3.05, 3.63) is 94.5 Å². The number of halogens is 1. The Labute approximate surface area is 201 Å². The average Bonchev–Trinajstić information content (AvgIpc) is 2.93. The molecule has 0 saturated carbocycles. The Morgan fingerprint density at radius 1 is 1.03 bits per heavy atom. The Morgan fingerprint density at radius 2 is 1.76 bits per heavy atom. The molecule has 1 aliphatic heterocycles. The predicted molar refractivity (Wildman–Crippen MR) is 135 cm³/mol. The lowest BCUT2D eigenvalue weighted by atomic mass is 9.78. The summed E-state index contributed by atoms with van der Waals surface area (Å²) in [5.41, 5.74) is 4.41. The van der Waals surface area contributed by atoms with Crippen LogP contribution < -0.4 is 9.64 Å². The molecule has 1 heterocycles. The minimum Gasteiger partial charge on any atom is -0.497 e. The van der Waals surface area contributed by atoms with Gasteiger partial charge in [-0.2, -0.15) is 0 Å². The van der Waals surface area contributed by atoms with E-state index in [4.69, 9.17) is 16.3 Å². The molecular weight excluding hydrogens is 432 g/mol. The molecule has 0 saturated heterocycles. The average molecular weight is 463 g/mol. The van der Waals surface area contributed by atoms with E-state index in [-0.39, 0.29) is 17.7 Å². The molecule has 172 valence electrons. The Hall–Kier alpha value is -2.82. The van der Waals surface area contributed by atoms with Crippen LogP contribution in [0, 0.1) is 5.92 Å². The van der Waals surface area contributed by atoms with Crippen LogP contribution in [-0.2, 0) is 17.6 Å². The highest BCUT2D eigenvalue weighted by Gasteiger charge is 2.37. The second-order valence-corrected chi connectivity index (χ2v) is 9.38. The standard InChI is InChI=1S/C28H31ClN2O2/c1-30(2)15-16-31-27-14-11-23(29)18-22(27)19-25(21-9-12-24(33-3)13-10-21)26(28(31)32)17-20-7-5-4-6-8-20/h4-14,18,25-26H,15-17,19H2,1-3H3. The first-order valence-corrected chi connectivity index (χ1v) is 11.8. The van der Waals surface area contributed by atoms with Gasteiger partial charge in [-0.25, -0.2) is 0 Å². The van der Waals surface area contributed by atoms with Gasteiger partial charge in [-0.05, 0) is 79.9 Å². The first-order valence-electron chi connectivity index (χ1n) is 11.4. The molecule has 1 aliphatic rings.